The van der Waals surface area contributed by atoms with Gasteiger partial charge in [-0.3, -0.25) is 4.79 Å². The van der Waals surface area contributed by atoms with E-state index in [0.717, 1.165) is 12.8 Å². The van der Waals surface area contributed by atoms with Crippen molar-refractivity contribution >= 4 is 5.97 Å². The first kappa shape index (κ1) is 13.0. The summed E-state index contributed by atoms with van der Waals surface area (Å²) in [5.74, 6) is 5.02. The van der Waals surface area contributed by atoms with Gasteiger partial charge in [0.1, 0.15) is 0 Å². The molecule has 2 atom stereocenters. The Balaban J connectivity index is 4.39. The van der Waals surface area contributed by atoms with Crippen LogP contribution in [0.4, 0.5) is 0 Å². The number of carbonyl (C=O) groups is 1. The summed E-state index contributed by atoms with van der Waals surface area (Å²) in [4.78, 5) is 10.9. The quantitative estimate of drug-likeness (QED) is 0.702. The fraction of sp³-hybridized carbons (Fsp3) is 0.750. The maximum absolute atomic E-state index is 10.9. The molecule has 2 unspecified atom stereocenters. The van der Waals surface area contributed by atoms with Crippen LogP contribution in [0.15, 0.2) is 0 Å². The van der Waals surface area contributed by atoms with Crippen LogP contribution in [0.1, 0.15) is 40.5 Å². The SMILES string of the molecule is CCCC#CC(C)C(C(=O)O)C(C)C. The first-order valence-corrected chi connectivity index (χ1v) is 5.21. The van der Waals surface area contributed by atoms with Gasteiger partial charge in [0.2, 0.25) is 0 Å². The van der Waals surface area contributed by atoms with E-state index in [2.05, 4.69) is 18.8 Å². The molecule has 0 aromatic rings. The number of unbranched alkanes of at least 4 members (excludes halogenated alkanes) is 1. The fourth-order valence-corrected chi connectivity index (χ4v) is 1.52. The van der Waals surface area contributed by atoms with Gasteiger partial charge in [0, 0.05) is 12.3 Å². The highest BCUT2D eigenvalue weighted by Gasteiger charge is 2.26. The number of aliphatic carboxylic acids is 1. The van der Waals surface area contributed by atoms with Crippen molar-refractivity contribution in [2.75, 3.05) is 0 Å². The second kappa shape index (κ2) is 6.48. The van der Waals surface area contributed by atoms with Gasteiger partial charge in [0.15, 0.2) is 0 Å². The normalized spacial score (nSPS) is 14.4. The average molecular weight is 196 g/mol. The third-order valence-electron chi connectivity index (χ3n) is 2.25. The minimum Gasteiger partial charge on any atom is -0.481 e. The highest BCUT2D eigenvalue weighted by molar-refractivity contribution is 5.71. The predicted molar refractivity (Wildman–Crippen MR) is 57.8 cm³/mol. The van der Waals surface area contributed by atoms with Crippen LogP contribution < -0.4 is 0 Å². The molecule has 1 N–H and O–H groups in total. The van der Waals surface area contributed by atoms with E-state index in [1.165, 1.54) is 0 Å². The Morgan fingerprint density at radius 2 is 1.93 bits per heavy atom. The van der Waals surface area contributed by atoms with Gasteiger partial charge in [0.25, 0.3) is 0 Å². The van der Waals surface area contributed by atoms with E-state index in [1.54, 1.807) is 0 Å². The molecule has 0 rings (SSSR count). The van der Waals surface area contributed by atoms with E-state index in [9.17, 15) is 4.79 Å². The van der Waals surface area contributed by atoms with Crippen LogP contribution in [0, 0.1) is 29.6 Å². The third kappa shape index (κ3) is 4.32. The van der Waals surface area contributed by atoms with Crippen molar-refractivity contribution in [3.63, 3.8) is 0 Å². The van der Waals surface area contributed by atoms with Crippen LogP contribution in [-0.2, 0) is 4.79 Å². The molecular weight excluding hydrogens is 176 g/mol. The fourth-order valence-electron chi connectivity index (χ4n) is 1.52. The van der Waals surface area contributed by atoms with Gasteiger partial charge < -0.3 is 5.11 Å². The van der Waals surface area contributed by atoms with Crippen LogP contribution >= 0.6 is 0 Å². The zero-order valence-electron chi connectivity index (χ0n) is 9.50. The molecule has 0 amide bonds. The molecule has 0 fully saturated rings. The molecule has 14 heavy (non-hydrogen) atoms. The molecular formula is C12H20O2. The minimum absolute atomic E-state index is 0.0564. The van der Waals surface area contributed by atoms with Crippen molar-refractivity contribution in [1.29, 1.82) is 0 Å². The number of rotatable bonds is 4. The molecule has 0 bridgehead atoms. The van der Waals surface area contributed by atoms with Gasteiger partial charge in [-0.15, -0.1) is 5.92 Å². The maximum Gasteiger partial charge on any atom is 0.308 e. The second-order valence-electron chi connectivity index (χ2n) is 3.97. The largest absolute Gasteiger partial charge is 0.481 e. The lowest BCUT2D eigenvalue weighted by Crippen LogP contribution is -2.25. The van der Waals surface area contributed by atoms with Gasteiger partial charge in [-0.05, 0) is 12.3 Å². The number of carboxylic acids is 1. The first-order chi connectivity index (χ1) is 6.50. The molecule has 0 aliphatic rings. The lowest BCUT2D eigenvalue weighted by atomic mass is 9.85. The molecule has 0 saturated heterocycles. The van der Waals surface area contributed by atoms with E-state index in [1.807, 2.05) is 20.8 Å². The van der Waals surface area contributed by atoms with E-state index in [0.29, 0.717) is 0 Å². The zero-order valence-corrected chi connectivity index (χ0v) is 9.50. The molecule has 0 radical (unpaired) electrons. The first-order valence-electron chi connectivity index (χ1n) is 5.21. The van der Waals surface area contributed by atoms with Crippen molar-refractivity contribution in [3.8, 4) is 11.8 Å². The standard InChI is InChI=1S/C12H20O2/c1-5-6-7-8-10(4)11(9(2)3)12(13)14/h9-11H,5-6H2,1-4H3,(H,13,14). The predicted octanol–water partition coefficient (Wildman–Crippen LogP) is 2.78. The molecule has 80 valence electrons. The van der Waals surface area contributed by atoms with Gasteiger partial charge in [-0.25, -0.2) is 0 Å². The minimum atomic E-state index is -0.738. The van der Waals surface area contributed by atoms with Crippen molar-refractivity contribution in [3.05, 3.63) is 0 Å². The Labute approximate surface area is 86.7 Å². The Kier molecular flexibility index (Phi) is 6.03. The Morgan fingerprint density at radius 1 is 1.36 bits per heavy atom. The lowest BCUT2D eigenvalue weighted by molar-refractivity contribution is -0.144. The highest BCUT2D eigenvalue weighted by Crippen LogP contribution is 2.20. The van der Waals surface area contributed by atoms with Gasteiger partial charge >= 0.3 is 5.97 Å². The smallest absolute Gasteiger partial charge is 0.308 e. The Hall–Kier alpha value is -0.970. The number of hydrogen-bond donors (Lipinski definition) is 1. The molecule has 0 aliphatic heterocycles. The summed E-state index contributed by atoms with van der Waals surface area (Å²) in [6.45, 7) is 7.81. The highest BCUT2D eigenvalue weighted by atomic mass is 16.4. The van der Waals surface area contributed by atoms with Crippen molar-refractivity contribution in [1.82, 2.24) is 0 Å². The molecule has 0 heterocycles. The molecule has 2 nitrogen and oxygen atoms in total. The summed E-state index contributed by atoms with van der Waals surface area (Å²) in [6, 6.07) is 0. The van der Waals surface area contributed by atoms with Crippen molar-refractivity contribution < 1.29 is 9.90 Å². The average Bonchev–Trinajstić information content (AvgIpc) is 2.03. The molecule has 0 saturated carbocycles. The maximum atomic E-state index is 10.9. The van der Waals surface area contributed by atoms with Crippen LogP contribution in [0.2, 0.25) is 0 Å². The van der Waals surface area contributed by atoms with E-state index >= 15 is 0 Å². The number of carboxylic acid groups (broad SMARTS) is 1. The second-order valence-corrected chi connectivity index (χ2v) is 3.97. The zero-order chi connectivity index (χ0) is 11.1. The topological polar surface area (TPSA) is 37.3 Å². The van der Waals surface area contributed by atoms with Crippen molar-refractivity contribution in [2.24, 2.45) is 17.8 Å². The van der Waals surface area contributed by atoms with Crippen LogP contribution in [0.3, 0.4) is 0 Å². The summed E-state index contributed by atoms with van der Waals surface area (Å²) in [7, 11) is 0. The molecule has 0 aliphatic carbocycles. The summed E-state index contributed by atoms with van der Waals surface area (Å²) in [5.41, 5.74) is 0. The monoisotopic (exact) mass is 196 g/mol. The number of hydrogen-bond acceptors (Lipinski definition) is 1. The van der Waals surface area contributed by atoms with E-state index in [-0.39, 0.29) is 17.8 Å². The van der Waals surface area contributed by atoms with Crippen LogP contribution in [0.25, 0.3) is 0 Å². The summed E-state index contributed by atoms with van der Waals surface area (Å²) >= 11 is 0. The van der Waals surface area contributed by atoms with Crippen LogP contribution in [0.5, 0.6) is 0 Å². The summed E-state index contributed by atoms with van der Waals surface area (Å²) in [6.07, 6.45) is 1.88. The van der Waals surface area contributed by atoms with Gasteiger partial charge in [-0.1, -0.05) is 33.6 Å². The van der Waals surface area contributed by atoms with Gasteiger partial charge in [0.05, 0.1) is 5.92 Å². The molecule has 0 spiro atoms. The third-order valence-corrected chi connectivity index (χ3v) is 2.25. The van der Waals surface area contributed by atoms with E-state index < -0.39 is 5.97 Å². The lowest BCUT2D eigenvalue weighted by Gasteiger charge is -2.18. The molecule has 2 heteroatoms. The van der Waals surface area contributed by atoms with Crippen molar-refractivity contribution in [2.45, 2.75) is 40.5 Å². The Bertz CT molecular complexity index is 232. The Morgan fingerprint density at radius 3 is 2.29 bits per heavy atom. The molecule has 0 aromatic heterocycles. The summed E-state index contributed by atoms with van der Waals surface area (Å²) in [5, 5.41) is 9.00. The van der Waals surface area contributed by atoms with Crippen LogP contribution in [-0.4, -0.2) is 11.1 Å². The molecule has 0 aromatic carbocycles. The summed E-state index contributed by atoms with van der Waals surface area (Å²) < 4.78 is 0. The van der Waals surface area contributed by atoms with E-state index in [4.69, 9.17) is 5.11 Å². The van der Waals surface area contributed by atoms with Gasteiger partial charge in [-0.2, -0.15) is 0 Å².